The molecule has 0 aliphatic rings. The van der Waals surface area contributed by atoms with Gasteiger partial charge in [0.25, 0.3) is 5.91 Å². The van der Waals surface area contributed by atoms with Gasteiger partial charge in [-0.3, -0.25) is 9.59 Å². The Kier molecular flexibility index (Phi) is 6.21. The number of amides is 2. The number of para-hydroxylation sites is 1. The highest BCUT2D eigenvalue weighted by Gasteiger charge is 2.30. The fourth-order valence-electron chi connectivity index (χ4n) is 2.79. The molecule has 156 valence electrons. The van der Waals surface area contributed by atoms with Crippen molar-refractivity contribution in [3.8, 4) is 10.6 Å². The van der Waals surface area contributed by atoms with Gasteiger partial charge in [-0.1, -0.05) is 30.3 Å². The number of nitrogens with zero attached hydrogens (tertiary/aromatic N) is 1. The van der Waals surface area contributed by atoms with Gasteiger partial charge in [0.2, 0.25) is 5.91 Å². The molecule has 0 saturated heterocycles. The molecule has 0 atom stereocenters. The van der Waals surface area contributed by atoms with E-state index in [-0.39, 0.29) is 22.8 Å². The number of halogens is 3. The van der Waals surface area contributed by atoms with E-state index in [0.717, 1.165) is 34.6 Å². The minimum atomic E-state index is -4.46. The van der Waals surface area contributed by atoms with Crippen LogP contribution in [0, 0.1) is 13.8 Å². The van der Waals surface area contributed by atoms with Gasteiger partial charge in [0.05, 0.1) is 12.1 Å². The molecular weight excluding hydrogens is 415 g/mol. The molecular formula is C21H18F3N3O2S. The maximum absolute atomic E-state index is 12.9. The molecule has 0 saturated carbocycles. The van der Waals surface area contributed by atoms with Crippen LogP contribution >= 0.6 is 11.3 Å². The van der Waals surface area contributed by atoms with Gasteiger partial charge in [0, 0.05) is 16.6 Å². The Morgan fingerprint density at radius 1 is 1.07 bits per heavy atom. The van der Waals surface area contributed by atoms with Crippen LogP contribution in [0.5, 0.6) is 0 Å². The summed E-state index contributed by atoms with van der Waals surface area (Å²) in [5.74, 6) is -0.977. The number of benzene rings is 2. The van der Waals surface area contributed by atoms with Crippen LogP contribution in [0.4, 0.5) is 18.9 Å². The molecule has 30 heavy (non-hydrogen) atoms. The summed E-state index contributed by atoms with van der Waals surface area (Å²) in [5, 5.41) is 6.95. The summed E-state index contributed by atoms with van der Waals surface area (Å²) in [6, 6.07) is 10.4. The van der Waals surface area contributed by atoms with E-state index in [9.17, 15) is 22.8 Å². The molecule has 3 rings (SSSR count). The second-order valence-electron chi connectivity index (χ2n) is 6.61. The number of hydrogen-bond acceptors (Lipinski definition) is 4. The van der Waals surface area contributed by atoms with Gasteiger partial charge in [-0.2, -0.15) is 13.2 Å². The molecule has 0 bridgehead atoms. The lowest BCUT2D eigenvalue weighted by atomic mass is 10.1. The summed E-state index contributed by atoms with van der Waals surface area (Å²) in [4.78, 5) is 28.5. The topological polar surface area (TPSA) is 71.1 Å². The van der Waals surface area contributed by atoms with Crippen molar-refractivity contribution < 1.29 is 22.8 Å². The number of carbonyl (C=O) groups is 2. The molecule has 0 aliphatic carbocycles. The van der Waals surface area contributed by atoms with Gasteiger partial charge in [-0.25, -0.2) is 4.98 Å². The zero-order valence-electron chi connectivity index (χ0n) is 16.1. The first-order chi connectivity index (χ1) is 14.1. The molecule has 0 spiro atoms. The highest BCUT2D eigenvalue weighted by Crippen LogP contribution is 2.33. The summed E-state index contributed by atoms with van der Waals surface area (Å²) in [6.07, 6.45) is -4.46. The first-order valence-corrected chi connectivity index (χ1v) is 9.80. The van der Waals surface area contributed by atoms with Gasteiger partial charge in [-0.05, 0) is 37.1 Å². The maximum atomic E-state index is 12.9. The van der Waals surface area contributed by atoms with Crippen molar-refractivity contribution in [3.05, 3.63) is 70.2 Å². The fraction of sp³-hybridized carbons (Fsp3) is 0.190. The second kappa shape index (κ2) is 8.66. The van der Waals surface area contributed by atoms with Crippen molar-refractivity contribution in [1.29, 1.82) is 0 Å². The average molecular weight is 433 g/mol. The minimum Gasteiger partial charge on any atom is -0.342 e. The Hall–Kier alpha value is -3.20. The van der Waals surface area contributed by atoms with Gasteiger partial charge < -0.3 is 10.6 Å². The lowest BCUT2D eigenvalue weighted by molar-refractivity contribution is -0.137. The van der Waals surface area contributed by atoms with E-state index in [4.69, 9.17) is 0 Å². The fourth-order valence-corrected chi connectivity index (χ4v) is 3.58. The largest absolute Gasteiger partial charge is 0.416 e. The highest BCUT2D eigenvalue weighted by molar-refractivity contribution is 7.13. The Labute approximate surface area is 175 Å². The number of carbonyl (C=O) groups excluding carboxylic acids is 2. The first-order valence-electron chi connectivity index (χ1n) is 8.92. The first kappa shape index (κ1) is 21.5. The standard InChI is InChI=1S/C21H18F3N3O2S/c1-12-5-3-6-13(2)18(12)27-17(28)10-25-19(29)16-11-30-20(26-16)14-7-4-8-15(9-14)21(22,23)24/h3-9,11H,10H2,1-2H3,(H,25,29)(H,27,28). The van der Waals surface area contributed by atoms with Crippen LogP contribution in [0.2, 0.25) is 0 Å². The Morgan fingerprint density at radius 3 is 2.40 bits per heavy atom. The predicted molar refractivity (Wildman–Crippen MR) is 109 cm³/mol. The van der Waals surface area contributed by atoms with E-state index in [1.165, 1.54) is 17.5 Å². The number of alkyl halides is 3. The van der Waals surface area contributed by atoms with Crippen molar-refractivity contribution in [2.45, 2.75) is 20.0 Å². The molecule has 1 aromatic heterocycles. The van der Waals surface area contributed by atoms with Gasteiger partial charge in [-0.15, -0.1) is 11.3 Å². The van der Waals surface area contributed by atoms with Crippen molar-refractivity contribution in [2.75, 3.05) is 11.9 Å². The monoisotopic (exact) mass is 433 g/mol. The van der Waals surface area contributed by atoms with E-state index >= 15 is 0 Å². The average Bonchev–Trinajstić information content (AvgIpc) is 3.19. The lowest BCUT2D eigenvalue weighted by Gasteiger charge is -2.11. The van der Waals surface area contributed by atoms with Crippen LogP contribution in [0.3, 0.4) is 0 Å². The Morgan fingerprint density at radius 2 is 1.73 bits per heavy atom. The maximum Gasteiger partial charge on any atom is 0.416 e. The third-order valence-electron chi connectivity index (χ3n) is 4.33. The second-order valence-corrected chi connectivity index (χ2v) is 7.47. The van der Waals surface area contributed by atoms with Gasteiger partial charge in [0.15, 0.2) is 0 Å². The van der Waals surface area contributed by atoms with Gasteiger partial charge in [0.1, 0.15) is 10.7 Å². The lowest BCUT2D eigenvalue weighted by Crippen LogP contribution is -2.33. The molecule has 2 amide bonds. The third kappa shape index (κ3) is 5.04. The zero-order valence-corrected chi connectivity index (χ0v) is 16.9. The Balaban J connectivity index is 1.64. The molecule has 0 radical (unpaired) electrons. The summed E-state index contributed by atoms with van der Waals surface area (Å²) in [7, 11) is 0. The van der Waals surface area contributed by atoms with Crippen molar-refractivity contribution in [3.63, 3.8) is 0 Å². The predicted octanol–water partition coefficient (Wildman–Crippen LogP) is 4.81. The molecule has 3 aromatic rings. The van der Waals surface area contributed by atoms with Crippen LogP contribution in [0.1, 0.15) is 27.2 Å². The van der Waals surface area contributed by atoms with Crippen LogP contribution in [0.15, 0.2) is 47.8 Å². The summed E-state index contributed by atoms with van der Waals surface area (Å²) < 4.78 is 38.6. The molecule has 0 fully saturated rings. The molecule has 0 unspecified atom stereocenters. The van der Waals surface area contributed by atoms with E-state index < -0.39 is 23.6 Å². The van der Waals surface area contributed by atoms with Crippen molar-refractivity contribution in [1.82, 2.24) is 10.3 Å². The minimum absolute atomic E-state index is 0.0345. The number of aryl methyl sites for hydroxylation is 2. The zero-order chi connectivity index (χ0) is 21.9. The van der Waals surface area contributed by atoms with E-state index in [1.54, 1.807) is 0 Å². The van der Waals surface area contributed by atoms with Gasteiger partial charge >= 0.3 is 6.18 Å². The smallest absolute Gasteiger partial charge is 0.342 e. The molecule has 1 heterocycles. The number of nitrogens with one attached hydrogen (secondary N) is 2. The molecule has 9 heteroatoms. The molecule has 2 aromatic carbocycles. The SMILES string of the molecule is Cc1cccc(C)c1NC(=O)CNC(=O)c1csc(-c2cccc(C(F)(F)F)c2)n1. The van der Waals surface area contributed by atoms with Crippen LogP contribution in [-0.4, -0.2) is 23.3 Å². The van der Waals surface area contributed by atoms with E-state index in [1.807, 2.05) is 32.0 Å². The van der Waals surface area contributed by atoms with Crippen molar-refractivity contribution in [2.24, 2.45) is 0 Å². The Bertz CT molecular complexity index is 1070. The van der Waals surface area contributed by atoms with Crippen molar-refractivity contribution >= 4 is 28.8 Å². The summed E-state index contributed by atoms with van der Waals surface area (Å²) in [6.45, 7) is 3.47. The number of aromatic nitrogens is 1. The molecule has 5 nitrogen and oxygen atoms in total. The summed E-state index contributed by atoms with van der Waals surface area (Å²) >= 11 is 1.05. The summed E-state index contributed by atoms with van der Waals surface area (Å²) in [5.41, 5.74) is 2.01. The van der Waals surface area contributed by atoms with E-state index in [0.29, 0.717) is 5.69 Å². The van der Waals surface area contributed by atoms with Crippen LogP contribution in [0.25, 0.3) is 10.6 Å². The molecule has 2 N–H and O–H groups in total. The number of rotatable bonds is 5. The quantitative estimate of drug-likeness (QED) is 0.606. The normalized spacial score (nSPS) is 11.2. The number of anilines is 1. The third-order valence-corrected chi connectivity index (χ3v) is 5.22. The van der Waals surface area contributed by atoms with Crippen LogP contribution in [-0.2, 0) is 11.0 Å². The number of thiazole rings is 1. The molecule has 0 aliphatic heterocycles. The van der Waals surface area contributed by atoms with E-state index in [2.05, 4.69) is 15.6 Å². The van der Waals surface area contributed by atoms with Crippen LogP contribution < -0.4 is 10.6 Å². The highest BCUT2D eigenvalue weighted by atomic mass is 32.1. The number of hydrogen-bond donors (Lipinski definition) is 2.